The third-order valence-corrected chi connectivity index (χ3v) is 5.22. The molecule has 0 aliphatic heterocycles. The average Bonchev–Trinajstić information content (AvgIpc) is 2.82. The molecule has 0 spiro atoms. The van der Waals surface area contributed by atoms with Gasteiger partial charge in [-0.25, -0.2) is 0 Å². The predicted molar refractivity (Wildman–Crippen MR) is 128 cm³/mol. The lowest BCUT2D eigenvalue weighted by Gasteiger charge is -2.18. The van der Waals surface area contributed by atoms with Crippen LogP contribution in [0.4, 0.5) is 0 Å². The normalized spacial score (nSPS) is 10.9. The van der Waals surface area contributed by atoms with Crippen LogP contribution in [0.25, 0.3) is 0 Å². The Morgan fingerprint density at radius 3 is 2.15 bits per heavy atom. The van der Waals surface area contributed by atoms with Crippen LogP contribution in [-0.4, -0.2) is 23.8 Å². The molecule has 0 heterocycles. The fourth-order valence-electron chi connectivity index (χ4n) is 3.61. The number of ketones is 1. The van der Waals surface area contributed by atoms with Crippen molar-refractivity contribution < 1.29 is 24.2 Å². The van der Waals surface area contributed by atoms with Gasteiger partial charge in [0, 0.05) is 6.42 Å². The summed E-state index contributed by atoms with van der Waals surface area (Å²) in [6.45, 7) is 4.98. The first-order valence-corrected chi connectivity index (χ1v) is 11.1. The number of benzene rings is 3. The van der Waals surface area contributed by atoms with Crippen LogP contribution in [-0.2, 0) is 24.4 Å². The van der Waals surface area contributed by atoms with Crippen molar-refractivity contribution in [3.8, 4) is 11.5 Å². The van der Waals surface area contributed by atoms with Gasteiger partial charge in [-0.2, -0.15) is 0 Å². The highest BCUT2D eigenvalue weighted by molar-refractivity contribution is 6.02. The number of rotatable bonds is 12. The molecule has 33 heavy (non-hydrogen) atoms. The van der Waals surface area contributed by atoms with Gasteiger partial charge in [0.25, 0.3) is 0 Å². The summed E-state index contributed by atoms with van der Waals surface area (Å²) in [7, 11) is 0. The number of carbonyl (C=O) groups excluding carboxylic acids is 2. The van der Waals surface area contributed by atoms with Gasteiger partial charge in [-0.1, -0.05) is 74.5 Å². The van der Waals surface area contributed by atoms with E-state index < -0.39 is 0 Å². The lowest BCUT2D eigenvalue weighted by Crippen LogP contribution is -2.10. The molecular formula is C28H30O5. The molecule has 0 aliphatic rings. The number of ether oxygens (including phenoxy) is 2. The second-order valence-electron chi connectivity index (χ2n) is 8.38. The standard InChI is InChI=1S/C28H30O5/c1-20(2)15-23-16-24(26(30)13-14-32-18-21-9-5-3-6-10-21)27(31)25(17-29)28(23)33-19-22-11-7-4-8-12-22/h3-12,16-17,20,31H,13-15,18-19H2,1-2H3. The molecule has 3 rings (SSSR count). The van der Waals surface area contributed by atoms with Crippen molar-refractivity contribution in [3.05, 3.63) is 94.5 Å². The summed E-state index contributed by atoms with van der Waals surface area (Å²) in [5.74, 6) is -0.0147. The van der Waals surface area contributed by atoms with E-state index in [1.54, 1.807) is 6.07 Å². The van der Waals surface area contributed by atoms with E-state index in [-0.39, 0.29) is 48.2 Å². The molecule has 1 N–H and O–H groups in total. The number of phenols is 1. The van der Waals surface area contributed by atoms with E-state index in [2.05, 4.69) is 0 Å². The lowest BCUT2D eigenvalue weighted by molar-refractivity contribution is 0.0846. The second kappa shape index (κ2) is 12.0. The van der Waals surface area contributed by atoms with Gasteiger partial charge in [-0.3, -0.25) is 9.59 Å². The molecule has 0 aromatic heterocycles. The Labute approximate surface area is 195 Å². The Kier molecular flexibility index (Phi) is 8.79. The molecule has 0 unspecified atom stereocenters. The molecule has 0 bridgehead atoms. The van der Waals surface area contributed by atoms with Crippen LogP contribution in [0.2, 0.25) is 0 Å². The van der Waals surface area contributed by atoms with Crippen LogP contribution in [0.1, 0.15) is 57.7 Å². The first-order chi connectivity index (χ1) is 16.0. The van der Waals surface area contributed by atoms with E-state index >= 15 is 0 Å². The number of hydrogen-bond acceptors (Lipinski definition) is 5. The van der Waals surface area contributed by atoms with E-state index in [0.717, 1.165) is 16.7 Å². The van der Waals surface area contributed by atoms with E-state index in [1.165, 1.54) is 0 Å². The Morgan fingerprint density at radius 2 is 1.58 bits per heavy atom. The molecule has 5 heteroatoms. The maximum Gasteiger partial charge on any atom is 0.168 e. The highest BCUT2D eigenvalue weighted by atomic mass is 16.5. The van der Waals surface area contributed by atoms with Gasteiger partial charge in [-0.05, 0) is 35.1 Å². The third kappa shape index (κ3) is 6.77. The zero-order chi connectivity index (χ0) is 23.6. The molecule has 0 fully saturated rings. The fraction of sp³-hybridized carbons (Fsp3) is 0.286. The van der Waals surface area contributed by atoms with Gasteiger partial charge in [0.2, 0.25) is 0 Å². The maximum absolute atomic E-state index is 12.9. The quantitative estimate of drug-likeness (QED) is 0.217. The summed E-state index contributed by atoms with van der Waals surface area (Å²) in [6.07, 6.45) is 1.27. The van der Waals surface area contributed by atoms with E-state index in [9.17, 15) is 14.7 Å². The van der Waals surface area contributed by atoms with Crippen LogP contribution >= 0.6 is 0 Å². The smallest absolute Gasteiger partial charge is 0.168 e. The highest BCUT2D eigenvalue weighted by Gasteiger charge is 2.23. The van der Waals surface area contributed by atoms with Gasteiger partial charge < -0.3 is 14.6 Å². The van der Waals surface area contributed by atoms with E-state index in [0.29, 0.717) is 25.1 Å². The number of aldehydes is 1. The first-order valence-electron chi connectivity index (χ1n) is 11.1. The first kappa shape index (κ1) is 24.2. The lowest BCUT2D eigenvalue weighted by atomic mass is 9.94. The van der Waals surface area contributed by atoms with Crippen LogP contribution < -0.4 is 4.74 Å². The predicted octanol–water partition coefficient (Wildman–Crippen LogP) is 5.77. The summed E-state index contributed by atoms with van der Waals surface area (Å²) in [6, 6.07) is 20.9. The summed E-state index contributed by atoms with van der Waals surface area (Å²) in [4.78, 5) is 24.8. The molecule has 0 saturated carbocycles. The van der Waals surface area contributed by atoms with Crippen LogP contribution in [0.15, 0.2) is 66.7 Å². The van der Waals surface area contributed by atoms with Crippen LogP contribution in [0.3, 0.4) is 0 Å². The number of Topliss-reactive ketones (excluding diaryl/α,β-unsaturated/α-hetero) is 1. The van der Waals surface area contributed by atoms with E-state index in [1.807, 2.05) is 74.5 Å². The topological polar surface area (TPSA) is 72.8 Å². The molecule has 0 saturated heterocycles. The Morgan fingerprint density at radius 1 is 0.970 bits per heavy atom. The van der Waals surface area contributed by atoms with Crippen molar-refractivity contribution in [1.29, 1.82) is 0 Å². The van der Waals surface area contributed by atoms with Gasteiger partial charge in [0.15, 0.2) is 12.1 Å². The second-order valence-corrected chi connectivity index (χ2v) is 8.38. The van der Waals surface area contributed by atoms with Gasteiger partial charge in [0.05, 0.1) is 24.3 Å². The van der Waals surface area contributed by atoms with Gasteiger partial charge in [-0.15, -0.1) is 0 Å². The monoisotopic (exact) mass is 446 g/mol. The van der Waals surface area contributed by atoms with Crippen LogP contribution in [0, 0.1) is 5.92 Å². The molecular weight excluding hydrogens is 416 g/mol. The van der Waals surface area contributed by atoms with Crippen molar-refractivity contribution in [1.82, 2.24) is 0 Å². The molecule has 3 aromatic carbocycles. The van der Waals surface area contributed by atoms with Crippen molar-refractivity contribution in [2.24, 2.45) is 5.92 Å². The minimum absolute atomic E-state index is 0.0117. The van der Waals surface area contributed by atoms with Crippen molar-refractivity contribution in [2.75, 3.05) is 6.61 Å². The molecule has 0 amide bonds. The molecule has 172 valence electrons. The molecule has 0 atom stereocenters. The van der Waals surface area contributed by atoms with E-state index in [4.69, 9.17) is 9.47 Å². The Balaban J connectivity index is 1.77. The van der Waals surface area contributed by atoms with Gasteiger partial charge in [0.1, 0.15) is 18.1 Å². The number of phenolic OH excluding ortho intramolecular Hbond substituents is 1. The summed E-state index contributed by atoms with van der Waals surface area (Å²) >= 11 is 0. The molecule has 0 aliphatic carbocycles. The Hall–Kier alpha value is -3.44. The SMILES string of the molecule is CC(C)Cc1cc(C(=O)CCOCc2ccccc2)c(O)c(C=O)c1OCc1ccccc1. The summed E-state index contributed by atoms with van der Waals surface area (Å²) in [5.41, 5.74) is 2.84. The highest BCUT2D eigenvalue weighted by Crippen LogP contribution is 2.36. The summed E-state index contributed by atoms with van der Waals surface area (Å²) < 4.78 is 11.6. The van der Waals surface area contributed by atoms with Crippen molar-refractivity contribution in [2.45, 2.75) is 39.9 Å². The molecule has 0 radical (unpaired) electrons. The minimum Gasteiger partial charge on any atom is -0.506 e. The molecule has 3 aromatic rings. The maximum atomic E-state index is 12.9. The number of carbonyl (C=O) groups is 2. The number of hydrogen-bond donors (Lipinski definition) is 1. The van der Waals surface area contributed by atoms with Crippen molar-refractivity contribution >= 4 is 12.1 Å². The Bertz CT molecular complexity index is 1060. The zero-order valence-corrected chi connectivity index (χ0v) is 19.1. The van der Waals surface area contributed by atoms with Gasteiger partial charge >= 0.3 is 0 Å². The minimum atomic E-state index is -0.339. The number of aromatic hydroxyl groups is 1. The fourth-order valence-corrected chi connectivity index (χ4v) is 3.61. The third-order valence-electron chi connectivity index (χ3n) is 5.22. The molecule has 5 nitrogen and oxygen atoms in total. The van der Waals surface area contributed by atoms with Crippen LogP contribution in [0.5, 0.6) is 11.5 Å². The average molecular weight is 447 g/mol. The summed E-state index contributed by atoms with van der Waals surface area (Å²) in [5, 5.41) is 10.8. The zero-order valence-electron chi connectivity index (χ0n) is 19.1. The van der Waals surface area contributed by atoms with Crippen molar-refractivity contribution in [3.63, 3.8) is 0 Å². The largest absolute Gasteiger partial charge is 0.506 e.